The average Bonchev–Trinajstić information content (AvgIpc) is 2.60. The minimum Gasteiger partial charge on any atom is -0.291 e. The molecule has 150 valence electrons. The Kier molecular flexibility index (Phi) is 19.4. The van der Waals surface area contributed by atoms with Gasteiger partial charge in [0.05, 0.1) is 13.6 Å². The molecule has 0 bridgehead atoms. The number of amidine groups is 1. The van der Waals surface area contributed by atoms with E-state index in [1.54, 1.807) is 0 Å². The maximum Gasteiger partial charge on any atom is 0.239 e. The first kappa shape index (κ1) is 24.5. The van der Waals surface area contributed by atoms with Crippen molar-refractivity contribution in [3.05, 3.63) is 0 Å². The van der Waals surface area contributed by atoms with Crippen LogP contribution in [0.1, 0.15) is 129 Å². The fourth-order valence-corrected chi connectivity index (χ4v) is 3.43. The van der Waals surface area contributed by atoms with Crippen LogP contribution in [-0.2, 0) is 0 Å². The zero-order valence-electron chi connectivity index (χ0n) is 18.0. The van der Waals surface area contributed by atoms with Crippen LogP contribution >= 0.6 is 0 Å². The van der Waals surface area contributed by atoms with E-state index in [2.05, 4.69) is 18.5 Å². The van der Waals surface area contributed by atoms with E-state index >= 15 is 0 Å². The number of nitrogens with zero attached hydrogens (tertiary/aromatic N) is 1. The molecule has 25 heavy (non-hydrogen) atoms. The summed E-state index contributed by atoms with van der Waals surface area (Å²) >= 11 is 0. The summed E-state index contributed by atoms with van der Waals surface area (Å²) in [5, 5.41) is 0. The summed E-state index contributed by atoms with van der Waals surface area (Å²) in [5.41, 5.74) is 5.76. The zero-order chi connectivity index (χ0) is 18.6. The van der Waals surface area contributed by atoms with Crippen molar-refractivity contribution in [3.8, 4) is 0 Å². The lowest BCUT2D eigenvalue weighted by atomic mass is 10.0. The molecule has 0 saturated carbocycles. The van der Waals surface area contributed by atoms with E-state index in [4.69, 9.17) is 5.73 Å². The zero-order valence-corrected chi connectivity index (χ0v) is 18.0. The van der Waals surface area contributed by atoms with E-state index in [1.165, 1.54) is 116 Å². The highest BCUT2D eigenvalue weighted by Crippen LogP contribution is 2.14. The highest BCUT2D eigenvalue weighted by atomic mass is 15.0. The third kappa shape index (κ3) is 19.6. The summed E-state index contributed by atoms with van der Waals surface area (Å²) < 4.78 is 2.16. The van der Waals surface area contributed by atoms with Gasteiger partial charge in [-0.1, -0.05) is 110 Å². The Hall–Kier alpha value is -0.530. The maximum atomic E-state index is 5.76. The van der Waals surface area contributed by atoms with Crippen LogP contribution in [0.4, 0.5) is 0 Å². The van der Waals surface area contributed by atoms with Gasteiger partial charge in [0, 0.05) is 6.92 Å². The average molecular weight is 354 g/mol. The Balaban J connectivity index is 3.06. The Morgan fingerprint density at radius 2 is 0.840 bits per heavy atom. The van der Waals surface area contributed by atoms with Gasteiger partial charge < -0.3 is 0 Å². The van der Waals surface area contributed by atoms with Crippen molar-refractivity contribution in [2.24, 2.45) is 5.73 Å². The molecule has 0 aromatic carbocycles. The van der Waals surface area contributed by atoms with Gasteiger partial charge in [-0.05, 0) is 12.8 Å². The standard InChI is InChI=1S/C23H48N2/c1-4-5-6-7-8-9-10-11-12-13-14-15-16-17-18-19-20-21-22-25(3)23(2)24/h24H,4-22H2,1-3H3/p+1. The second kappa shape index (κ2) is 19.8. The molecule has 2 heteroatoms. The molecular formula is C23H49N2+. The quantitative estimate of drug-likeness (QED) is 0.115. The Morgan fingerprint density at radius 3 is 1.12 bits per heavy atom. The summed E-state index contributed by atoms with van der Waals surface area (Å²) in [6.45, 7) is 5.39. The summed E-state index contributed by atoms with van der Waals surface area (Å²) in [4.78, 5) is 0. The third-order valence-electron chi connectivity index (χ3n) is 5.45. The molecule has 0 aliphatic rings. The van der Waals surface area contributed by atoms with Gasteiger partial charge in [0.1, 0.15) is 0 Å². The first-order valence-corrected chi connectivity index (χ1v) is 11.5. The highest BCUT2D eigenvalue weighted by molar-refractivity contribution is 5.71. The predicted molar refractivity (Wildman–Crippen MR) is 115 cm³/mol. The molecule has 0 fully saturated rings. The molecule has 0 aromatic rings. The molecule has 0 aromatic heterocycles. The topological polar surface area (TPSA) is 29.0 Å². The summed E-state index contributed by atoms with van der Waals surface area (Å²) in [5.74, 6) is 0.937. The van der Waals surface area contributed by atoms with Gasteiger partial charge in [-0.3, -0.25) is 10.3 Å². The minimum absolute atomic E-state index is 0.937. The van der Waals surface area contributed by atoms with Gasteiger partial charge in [-0.25, -0.2) is 0 Å². The molecule has 0 aliphatic heterocycles. The second-order valence-electron chi connectivity index (χ2n) is 8.07. The van der Waals surface area contributed by atoms with Crippen molar-refractivity contribution in [3.63, 3.8) is 0 Å². The number of hydrogen-bond acceptors (Lipinski definition) is 0. The Labute approximate surface area is 159 Å². The maximum absolute atomic E-state index is 5.76. The number of nitrogens with two attached hydrogens (primary N) is 1. The van der Waals surface area contributed by atoms with Gasteiger partial charge >= 0.3 is 0 Å². The normalized spacial score (nSPS) is 12.4. The van der Waals surface area contributed by atoms with Crippen molar-refractivity contribution in [1.82, 2.24) is 0 Å². The molecule has 0 heterocycles. The van der Waals surface area contributed by atoms with Gasteiger partial charge in [0.25, 0.3) is 0 Å². The molecule has 0 spiro atoms. The fourth-order valence-electron chi connectivity index (χ4n) is 3.43. The fraction of sp³-hybridized carbons (Fsp3) is 0.957. The molecule has 0 saturated heterocycles. The van der Waals surface area contributed by atoms with E-state index in [0.717, 1.165) is 12.4 Å². The van der Waals surface area contributed by atoms with Crippen molar-refractivity contribution >= 4 is 5.84 Å². The molecule has 0 atom stereocenters. The Morgan fingerprint density at radius 1 is 0.560 bits per heavy atom. The van der Waals surface area contributed by atoms with E-state index in [1.807, 2.05) is 6.92 Å². The van der Waals surface area contributed by atoms with Crippen LogP contribution in [0.5, 0.6) is 0 Å². The first-order valence-electron chi connectivity index (χ1n) is 11.5. The summed E-state index contributed by atoms with van der Waals surface area (Å²) in [6.07, 6.45) is 25.8. The molecule has 2 N–H and O–H groups in total. The van der Waals surface area contributed by atoms with Crippen LogP contribution in [0.3, 0.4) is 0 Å². The largest absolute Gasteiger partial charge is 0.291 e. The van der Waals surface area contributed by atoms with Crippen LogP contribution in [0.25, 0.3) is 0 Å². The van der Waals surface area contributed by atoms with Crippen molar-refractivity contribution in [2.45, 2.75) is 129 Å². The number of rotatable bonds is 19. The van der Waals surface area contributed by atoms with E-state index < -0.39 is 0 Å². The SMILES string of the molecule is CCCCCCCCCCCCCCCCCCCC[N+](C)=C(C)N. The lowest BCUT2D eigenvalue weighted by Gasteiger charge is -2.04. The third-order valence-corrected chi connectivity index (χ3v) is 5.45. The van der Waals surface area contributed by atoms with Crippen LogP contribution in [0.15, 0.2) is 0 Å². The van der Waals surface area contributed by atoms with Crippen LogP contribution < -0.4 is 5.73 Å². The van der Waals surface area contributed by atoms with E-state index in [-0.39, 0.29) is 0 Å². The lowest BCUT2D eigenvalue weighted by Crippen LogP contribution is -2.23. The van der Waals surface area contributed by atoms with Gasteiger partial charge in [-0.15, -0.1) is 0 Å². The summed E-state index contributed by atoms with van der Waals surface area (Å²) in [7, 11) is 2.09. The van der Waals surface area contributed by atoms with Gasteiger partial charge in [0.15, 0.2) is 0 Å². The second-order valence-corrected chi connectivity index (χ2v) is 8.07. The van der Waals surface area contributed by atoms with Gasteiger partial charge in [-0.2, -0.15) is 0 Å². The van der Waals surface area contributed by atoms with Crippen molar-refractivity contribution in [2.75, 3.05) is 13.6 Å². The van der Waals surface area contributed by atoms with E-state index in [9.17, 15) is 0 Å². The molecule has 2 nitrogen and oxygen atoms in total. The molecule has 0 unspecified atom stereocenters. The van der Waals surface area contributed by atoms with Crippen LogP contribution in [0, 0.1) is 0 Å². The molecule has 0 aliphatic carbocycles. The smallest absolute Gasteiger partial charge is 0.239 e. The van der Waals surface area contributed by atoms with Crippen molar-refractivity contribution in [1.29, 1.82) is 0 Å². The predicted octanol–water partition coefficient (Wildman–Crippen LogP) is 7.05. The Bertz CT molecular complexity index is 292. The number of unbranched alkanes of at least 4 members (excludes halogenated alkanes) is 17. The molecule has 0 amide bonds. The lowest BCUT2D eigenvalue weighted by molar-refractivity contribution is -0.499. The van der Waals surface area contributed by atoms with Crippen LogP contribution in [0.2, 0.25) is 0 Å². The molecule has 0 rings (SSSR count). The van der Waals surface area contributed by atoms with Crippen molar-refractivity contribution < 1.29 is 4.58 Å². The molecular weight excluding hydrogens is 304 g/mol. The first-order chi connectivity index (χ1) is 12.2. The minimum atomic E-state index is 0.937. The monoisotopic (exact) mass is 353 g/mol. The number of hydrogen-bond donors (Lipinski definition) is 1. The van der Waals surface area contributed by atoms with Crippen LogP contribution in [-0.4, -0.2) is 24.0 Å². The molecule has 0 radical (unpaired) electrons. The highest BCUT2D eigenvalue weighted by Gasteiger charge is 1.98. The van der Waals surface area contributed by atoms with Gasteiger partial charge in [0.2, 0.25) is 5.84 Å². The summed E-state index contributed by atoms with van der Waals surface area (Å²) in [6, 6.07) is 0. The van der Waals surface area contributed by atoms with E-state index in [0.29, 0.717) is 0 Å².